The van der Waals surface area contributed by atoms with E-state index in [4.69, 9.17) is 11.6 Å². The molecule has 1 saturated heterocycles. The summed E-state index contributed by atoms with van der Waals surface area (Å²) in [7, 11) is 0. The molecular weight excluding hydrogens is 398 g/mol. The summed E-state index contributed by atoms with van der Waals surface area (Å²) >= 11 is 6.12. The molecule has 0 aromatic carbocycles. The number of aliphatic imine (C=N–C) groups is 1. The average Bonchev–Trinajstić information content (AvgIpc) is 3.27. The van der Waals surface area contributed by atoms with E-state index < -0.39 is 18.2 Å². The van der Waals surface area contributed by atoms with Gasteiger partial charge in [-0.1, -0.05) is 11.6 Å². The highest BCUT2D eigenvalue weighted by Gasteiger charge is 2.45. The molecule has 3 aliphatic heterocycles. The molecule has 3 unspecified atom stereocenters. The third-order valence-corrected chi connectivity index (χ3v) is 5.55. The number of halogens is 1. The van der Waals surface area contributed by atoms with E-state index in [9.17, 15) is 14.7 Å². The van der Waals surface area contributed by atoms with Crippen molar-refractivity contribution in [3.63, 3.8) is 0 Å². The number of carbonyl (C=O) groups is 2. The molecule has 3 N–H and O–H groups in total. The van der Waals surface area contributed by atoms with Gasteiger partial charge in [-0.15, -0.1) is 0 Å². The van der Waals surface area contributed by atoms with Crippen LogP contribution in [0.4, 0.5) is 10.6 Å². The van der Waals surface area contributed by atoms with Gasteiger partial charge in [-0.2, -0.15) is 5.10 Å². The summed E-state index contributed by atoms with van der Waals surface area (Å²) in [6, 6.07) is 2.91. The number of fused-ring (bicyclic) bond motifs is 5. The topological polar surface area (TPSA) is 127 Å². The maximum atomic E-state index is 13.2. The lowest BCUT2D eigenvalue weighted by molar-refractivity contribution is -0.129. The van der Waals surface area contributed by atoms with Gasteiger partial charge in [-0.05, 0) is 31.2 Å². The molecule has 5 rings (SSSR count). The number of carboxylic acids is 1. The zero-order valence-electron chi connectivity index (χ0n) is 15.3. The molecule has 11 heteroatoms. The molecular formula is C18H16ClN7O3. The van der Waals surface area contributed by atoms with Gasteiger partial charge in [0.2, 0.25) is 0 Å². The molecule has 0 saturated carbocycles. The van der Waals surface area contributed by atoms with Crippen LogP contribution < -0.4 is 5.32 Å². The zero-order valence-corrected chi connectivity index (χ0v) is 16.0. The van der Waals surface area contributed by atoms with Crippen molar-refractivity contribution in [3.8, 4) is 0 Å². The summed E-state index contributed by atoms with van der Waals surface area (Å²) in [6.07, 6.45) is 2.86. The van der Waals surface area contributed by atoms with Crippen LogP contribution >= 0.6 is 11.6 Å². The zero-order chi connectivity index (χ0) is 20.3. The summed E-state index contributed by atoms with van der Waals surface area (Å²) in [5, 5.41) is 19.9. The van der Waals surface area contributed by atoms with Crippen molar-refractivity contribution in [2.75, 3.05) is 18.4 Å². The molecule has 1 fully saturated rings. The van der Waals surface area contributed by atoms with Gasteiger partial charge in [-0.25, -0.2) is 19.6 Å². The van der Waals surface area contributed by atoms with E-state index in [-0.39, 0.29) is 16.8 Å². The first-order chi connectivity index (χ1) is 13.9. The highest BCUT2D eigenvalue weighted by Crippen LogP contribution is 2.35. The highest BCUT2D eigenvalue weighted by atomic mass is 35.5. The van der Waals surface area contributed by atoms with Crippen molar-refractivity contribution in [1.82, 2.24) is 25.0 Å². The number of dihydropyridines is 1. The largest absolute Gasteiger partial charge is 0.476 e. The molecule has 2 aromatic rings. The molecule has 3 aliphatic rings. The molecule has 29 heavy (non-hydrogen) atoms. The number of piperazine rings is 1. The number of carboxylic acid groups (broad SMARTS) is 1. The first-order valence-corrected chi connectivity index (χ1v) is 9.34. The van der Waals surface area contributed by atoms with E-state index in [1.807, 2.05) is 25.1 Å². The maximum Gasteiger partial charge on any atom is 0.355 e. The van der Waals surface area contributed by atoms with Crippen molar-refractivity contribution in [1.29, 1.82) is 0 Å². The number of aromatic amines is 1. The van der Waals surface area contributed by atoms with Crippen LogP contribution in [0.15, 0.2) is 40.0 Å². The first kappa shape index (κ1) is 17.8. The van der Waals surface area contributed by atoms with E-state index >= 15 is 0 Å². The fourth-order valence-corrected chi connectivity index (χ4v) is 4.15. The van der Waals surface area contributed by atoms with E-state index in [1.165, 1.54) is 4.90 Å². The SMILES string of the molecule is Cc1ccc2c(NC(=O)N3C4=CCN(C4)C4C=C(Cl)C(C(=O)O)=NC43)n[nH]c2n1. The van der Waals surface area contributed by atoms with Gasteiger partial charge in [0.15, 0.2) is 17.2 Å². The average molecular weight is 414 g/mol. The molecule has 148 valence electrons. The maximum absolute atomic E-state index is 13.2. The Morgan fingerprint density at radius 2 is 2.21 bits per heavy atom. The molecule has 0 radical (unpaired) electrons. The number of amides is 2. The van der Waals surface area contributed by atoms with Crippen LogP contribution in [0.25, 0.3) is 11.0 Å². The van der Waals surface area contributed by atoms with Crippen molar-refractivity contribution in [2.45, 2.75) is 19.1 Å². The van der Waals surface area contributed by atoms with Crippen LogP contribution in [0.1, 0.15) is 5.69 Å². The lowest BCUT2D eigenvalue weighted by Crippen LogP contribution is -2.58. The van der Waals surface area contributed by atoms with Gasteiger partial charge in [0.25, 0.3) is 0 Å². The van der Waals surface area contributed by atoms with Crippen LogP contribution in [-0.2, 0) is 4.79 Å². The molecule has 0 aliphatic carbocycles. The van der Waals surface area contributed by atoms with E-state index in [2.05, 4.69) is 30.4 Å². The quantitative estimate of drug-likeness (QED) is 0.687. The Bertz CT molecular complexity index is 1150. The van der Waals surface area contributed by atoms with Crippen LogP contribution in [0.3, 0.4) is 0 Å². The Hall–Kier alpha value is -3.24. The minimum Gasteiger partial charge on any atom is -0.476 e. The minimum absolute atomic E-state index is 0.0780. The Labute approximate surface area is 169 Å². The lowest BCUT2D eigenvalue weighted by Gasteiger charge is -2.43. The molecule has 10 nitrogen and oxygen atoms in total. The van der Waals surface area contributed by atoms with Crippen molar-refractivity contribution >= 4 is 46.2 Å². The predicted octanol–water partition coefficient (Wildman–Crippen LogP) is 1.67. The van der Waals surface area contributed by atoms with Gasteiger partial charge in [-0.3, -0.25) is 20.2 Å². The summed E-state index contributed by atoms with van der Waals surface area (Å²) in [5.74, 6) is -0.881. The van der Waals surface area contributed by atoms with Gasteiger partial charge in [0.1, 0.15) is 6.17 Å². The van der Waals surface area contributed by atoms with Gasteiger partial charge < -0.3 is 5.11 Å². The molecule has 2 bridgehead atoms. The van der Waals surface area contributed by atoms with Gasteiger partial charge >= 0.3 is 12.0 Å². The van der Waals surface area contributed by atoms with Crippen molar-refractivity contribution < 1.29 is 14.7 Å². The van der Waals surface area contributed by atoms with Crippen LogP contribution in [-0.4, -0.2) is 73.1 Å². The highest BCUT2D eigenvalue weighted by molar-refractivity contribution is 6.58. The van der Waals surface area contributed by atoms with Crippen molar-refractivity contribution in [3.05, 3.63) is 40.7 Å². The summed E-state index contributed by atoms with van der Waals surface area (Å²) in [6.45, 7) is 3.05. The number of H-pyrrole nitrogens is 1. The Kier molecular flexibility index (Phi) is 3.93. The fraction of sp³-hybridized carbons (Fsp3) is 0.278. The van der Waals surface area contributed by atoms with Crippen LogP contribution in [0.2, 0.25) is 0 Å². The number of nitrogens with zero attached hydrogens (tertiary/aromatic N) is 5. The Balaban J connectivity index is 1.50. The third kappa shape index (κ3) is 2.79. The van der Waals surface area contributed by atoms with Crippen LogP contribution in [0, 0.1) is 6.92 Å². The summed E-state index contributed by atoms with van der Waals surface area (Å²) in [4.78, 5) is 36.9. The van der Waals surface area contributed by atoms with Crippen molar-refractivity contribution in [2.24, 2.45) is 4.99 Å². The number of aromatic nitrogens is 3. The number of rotatable bonds is 2. The molecule has 2 amide bonds. The number of hydrogen-bond donors (Lipinski definition) is 3. The van der Waals surface area contributed by atoms with E-state index in [1.54, 1.807) is 6.08 Å². The van der Waals surface area contributed by atoms with Crippen LogP contribution in [0.5, 0.6) is 0 Å². The van der Waals surface area contributed by atoms with Gasteiger partial charge in [0, 0.05) is 24.5 Å². The number of nitrogens with one attached hydrogen (secondary N) is 2. The first-order valence-electron chi connectivity index (χ1n) is 8.96. The fourth-order valence-electron chi connectivity index (χ4n) is 3.89. The molecule has 2 aromatic heterocycles. The number of anilines is 1. The van der Waals surface area contributed by atoms with Gasteiger partial charge in [0.05, 0.1) is 16.5 Å². The monoisotopic (exact) mass is 413 g/mol. The minimum atomic E-state index is -1.23. The Morgan fingerprint density at radius 3 is 3.00 bits per heavy atom. The number of aliphatic carboxylic acids is 1. The molecule has 0 spiro atoms. The normalized spacial score (nSPS) is 25.2. The number of pyridine rings is 1. The number of hydrogen-bond acceptors (Lipinski definition) is 6. The summed E-state index contributed by atoms with van der Waals surface area (Å²) < 4.78 is 0. The second-order valence-electron chi connectivity index (χ2n) is 7.05. The summed E-state index contributed by atoms with van der Waals surface area (Å²) in [5.41, 5.74) is 1.91. The molecule has 3 atom stereocenters. The standard InChI is InChI=1S/C18H16ClN7O3/c1-8-2-3-10-14(20-8)23-24-15(10)22-18(29)26-9-4-5-25(7-9)12-6-11(19)13(17(27)28)21-16(12)26/h2-4,6,12,16H,5,7H2,1H3,(H,27,28)(H2,20,22,23,24,29). The lowest BCUT2D eigenvalue weighted by atomic mass is 10.0. The number of urea groups is 1. The van der Waals surface area contributed by atoms with E-state index in [0.717, 1.165) is 11.4 Å². The number of aryl methyl sites for hydroxylation is 1. The third-order valence-electron chi connectivity index (χ3n) is 5.24. The molecule has 5 heterocycles. The smallest absolute Gasteiger partial charge is 0.355 e. The van der Waals surface area contributed by atoms with E-state index in [0.29, 0.717) is 29.9 Å². The second kappa shape index (κ2) is 6.39. The Morgan fingerprint density at radius 1 is 1.38 bits per heavy atom. The number of carbonyl (C=O) groups excluding carboxylic acids is 1. The second-order valence-corrected chi connectivity index (χ2v) is 7.45. The predicted molar refractivity (Wildman–Crippen MR) is 106 cm³/mol.